The Balaban J connectivity index is 1.80. The van der Waals surface area contributed by atoms with Crippen LogP contribution in [0.4, 0.5) is 0 Å². The normalized spacial score (nSPS) is 10.4. The Morgan fingerprint density at radius 1 is 1.14 bits per heavy atom. The smallest absolute Gasteiger partial charge is 0.251 e. The van der Waals surface area contributed by atoms with Gasteiger partial charge in [-0.1, -0.05) is 42.5 Å². The van der Waals surface area contributed by atoms with Gasteiger partial charge in [-0.15, -0.1) is 10.2 Å². The maximum Gasteiger partial charge on any atom is 0.251 e. The lowest BCUT2D eigenvalue weighted by Crippen LogP contribution is -2.18. The molecule has 2 aromatic carbocycles. The molecule has 6 heteroatoms. The van der Waals surface area contributed by atoms with Crippen molar-refractivity contribution in [3.05, 3.63) is 65.7 Å². The van der Waals surface area contributed by atoms with Crippen LogP contribution in [-0.2, 0) is 6.54 Å². The van der Waals surface area contributed by atoms with E-state index in [0.29, 0.717) is 17.9 Å². The van der Waals surface area contributed by atoms with E-state index < -0.39 is 0 Å². The molecule has 0 aliphatic heterocycles. The molecule has 1 aromatic heterocycles. The van der Waals surface area contributed by atoms with Gasteiger partial charge in [0, 0.05) is 18.2 Å². The molecular formula is C16H15N5O. The number of benzene rings is 2. The second-order valence-corrected chi connectivity index (χ2v) is 4.79. The second-order valence-electron chi connectivity index (χ2n) is 4.79. The predicted octanol–water partition coefficient (Wildman–Crippen LogP) is 1.75. The highest BCUT2D eigenvalue weighted by atomic mass is 16.1. The molecule has 1 heterocycles. The number of aromatic nitrogens is 4. The summed E-state index contributed by atoms with van der Waals surface area (Å²) in [5.74, 6) is 0.474. The number of rotatable bonds is 4. The highest BCUT2D eigenvalue weighted by Gasteiger charge is 2.07. The molecule has 0 bridgehead atoms. The molecule has 3 rings (SSSR count). The molecular weight excluding hydrogens is 278 g/mol. The molecule has 0 saturated carbocycles. The maximum atomic E-state index is 11.6. The van der Waals surface area contributed by atoms with E-state index in [1.165, 1.54) is 4.80 Å². The quantitative estimate of drug-likeness (QED) is 0.795. The molecule has 0 unspecified atom stereocenters. The summed E-state index contributed by atoms with van der Waals surface area (Å²) in [4.78, 5) is 13.2. The summed E-state index contributed by atoms with van der Waals surface area (Å²) in [5, 5.41) is 15.1. The summed E-state index contributed by atoms with van der Waals surface area (Å²) < 4.78 is 0. The van der Waals surface area contributed by atoms with Crippen LogP contribution in [0, 0.1) is 0 Å². The zero-order valence-electron chi connectivity index (χ0n) is 12.1. The fourth-order valence-corrected chi connectivity index (χ4v) is 2.13. The molecule has 1 N–H and O–H groups in total. The lowest BCUT2D eigenvalue weighted by Gasteiger charge is -2.03. The summed E-state index contributed by atoms with van der Waals surface area (Å²) in [6.07, 6.45) is 0. The minimum Gasteiger partial charge on any atom is -0.355 e. The van der Waals surface area contributed by atoms with Gasteiger partial charge < -0.3 is 5.32 Å². The Morgan fingerprint density at radius 3 is 2.73 bits per heavy atom. The third-order valence-electron chi connectivity index (χ3n) is 3.23. The van der Waals surface area contributed by atoms with Gasteiger partial charge in [0.2, 0.25) is 5.82 Å². The van der Waals surface area contributed by atoms with Crippen molar-refractivity contribution in [1.29, 1.82) is 0 Å². The zero-order valence-corrected chi connectivity index (χ0v) is 12.1. The molecule has 110 valence electrons. The molecule has 22 heavy (non-hydrogen) atoms. The van der Waals surface area contributed by atoms with Gasteiger partial charge in [-0.05, 0) is 22.9 Å². The average molecular weight is 293 g/mol. The van der Waals surface area contributed by atoms with Crippen LogP contribution in [0.15, 0.2) is 54.6 Å². The maximum absolute atomic E-state index is 11.6. The predicted molar refractivity (Wildman–Crippen MR) is 82.2 cm³/mol. The van der Waals surface area contributed by atoms with Crippen LogP contribution in [0.5, 0.6) is 0 Å². The average Bonchev–Trinajstić information content (AvgIpc) is 3.03. The molecule has 0 spiro atoms. The highest BCUT2D eigenvalue weighted by Crippen LogP contribution is 2.12. The van der Waals surface area contributed by atoms with E-state index in [1.54, 1.807) is 13.1 Å². The number of hydrogen-bond donors (Lipinski definition) is 1. The Labute approximate surface area is 127 Å². The second kappa shape index (κ2) is 6.17. The molecule has 6 nitrogen and oxygen atoms in total. The van der Waals surface area contributed by atoms with Crippen molar-refractivity contribution >= 4 is 5.91 Å². The van der Waals surface area contributed by atoms with E-state index in [0.717, 1.165) is 11.1 Å². The van der Waals surface area contributed by atoms with Crippen LogP contribution in [0.3, 0.4) is 0 Å². The monoisotopic (exact) mass is 293 g/mol. The first-order chi connectivity index (χ1) is 10.8. The van der Waals surface area contributed by atoms with Gasteiger partial charge in [-0.2, -0.15) is 4.80 Å². The Morgan fingerprint density at radius 2 is 1.95 bits per heavy atom. The van der Waals surface area contributed by atoms with Crippen LogP contribution >= 0.6 is 0 Å². The third-order valence-corrected chi connectivity index (χ3v) is 3.23. The van der Waals surface area contributed by atoms with Crippen LogP contribution < -0.4 is 5.32 Å². The summed E-state index contributed by atoms with van der Waals surface area (Å²) >= 11 is 0. The number of carbonyl (C=O) groups is 1. The van der Waals surface area contributed by atoms with Crippen molar-refractivity contribution < 1.29 is 4.79 Å². The third kappa shape index (κ3) is 3.01. The van der Waals surface area contributed by atoms with Crippen molar-refractivity contribution in [2.75, 3.05) is 7.05 Å². The lowest BCUT2D eigenvalue weighted by molar-refractivity contribution is 0.0963. The SMILES string of the molecule is CNC(=O)c1cccc(Cn2nnc(-c3ccccc3)n2)c1. The van der Waals surface area contributed by atoms with Crippen LogP contribution in [0.2, 0.25) is 0 Å². The first-order valence-corrected chi connectivity index (χ1v) is 6.90. The van der Waals surface area contributed by atoms with Gasteiger partial charge in [0.05, 0.1) is 6.54 Å². The van der Waals surface area contributed by atoms with Crippen molar-refractivity contribution in [1.82, 2.24) is 25.5 Å². The summed E-state index contributed by atoms with van der Waals surface area (Å²) in [5.41, 5.74) is 2.48. The summed E-state index contributed by atoms with van der Waals surface area (Å²) in [7, 11) is 1.61. The summed E-state index contributed by atoms with van der Waals surface area (Å²) in [6.45, 7) is 0.463. The molecule has 3 aromatic rings. The van der Waals surface area contributed by atoms with Gasteiger partial charge in [-0.25, -0.2) is 0 Å². The largest absolute Gasteiger partial charge is 0.355 e. The van der Waals surface area contributed by atoms with Crippen LogP contribution in [0.1, 0.15) is 15.9 Å². The van der Waals surface area contributed by atoms with Crippen molar-refractivity contribution in [2.24, 2.45) is 0 Å². The number of tetrazole rings is 1. The highest BCUT2D eigenvalue weighted by molar-refractivity contribution is 5.94. The number of nitrogens with zero attached hydrogens (tertiary/aromatic N) is 4. The van der Waals surface area contributed by atoms with Gasteiger partial charge in [0.1, 0.15) is 0 Å². The van der Waals surface area contributed by atoms with E-state index in [4.69, 9.17) is 0 Å². The molecule has 1 amide bonds. The number of hydrogen-bond acceptors (Lipinski definition) is 4. The van der Waals surface area contributed by atoms with Crippen molar-refractivity contribution in [3.8, 4) is 11.4 Å². The Hall–Kier alpha value is -3.02. The fraction of sp³-hybridized carbons (Fsp3) is 0.125. The van der Waals surface area contributed by atoms with Crippen molar-refractivity contribution in [3.63, 3.8) is 0 Å². The first kappa shape index (κ1) is 13.9. The van der Waals surface area contributed by atoms with Gasteiger partial charge in [0.15, 0.2) is 0 Å². The van der Waals surface area contributed by atoms with Crippen molar-refractivity contribution in [2.45, 2.75) is 6.54 Å². The van der Waals surface area contributed by atoms with Crippen LogP contribution in [0.25, 0.3) is 11.4 Å². The van der Waals surface area contributed by atoms with E-state index in [2.05, 4.69) is 20.7 Å². The topological polar surface area (TPSA) is 72.7 Å². The Kier molecular flexibility index (Phi) is 3.91. The fourth-order valence-electron chi connectivity index (χ4n) is 2.13. The number of nitrogens with one attached hydrogen (secondary N) is 1. The first-order valence-electron chi connectivity index (χ1n) is 6.90. The lowest BCUT2D eigenvalue weighted by atomic mass is 10.1. The zero-order chi connectivity index (χ0) is 15.4. The molecule has 0 fully saturated rings. The van der Waals surface area contributed by atoms with Crippen LogP contribution in [-0.4, -0.2) is 33.2 Å². The van der Waals surface area contributed by atoms with Gasteiger partial charge in [-0.3, -0.25) is 4.79 Å². The minimum atomic E-state index is -0.113. The Bertz CT molecular complexity index is 782. The van der Waals surface area contributed by atoms with E-state index >= 15 is 0 Å². The number of carbonyl (C=O) groups excluding carboxylic acids is 1. The molecule has 0 aliphatic carbocycles. The minimum absolute atomic E-state index is 0.113. The van der Waals surface area contributed by atoms with E-state index in [9.17, 15) is 4.79 Å². The molecule has 0 aliphatic rings. The molecule has 0 saturated heterocycles. The van der Waals surface area contributed by atoms with Gasteiger partial charge >= 0.3 is 0 Å². The molecule has 0 radical (unpaired) electrons. The van der Waals surface area contributed by atoms with E-state index in [1.807, 2.05) is 48.5 Å². The summed E-state index contributed by atoms with van der Waals surface area (Å²) in [6, 6.07) is 17.1. The van der Waals surface area contributed by atoms with Gasteiger partial charge in [0.25, 0.3) is 5.91 Å². The molecule has 0 atom stereocenters. The number of amides is 1. The standard InChI is InChI=1S/C16H15N5O/c1-17-16(22)14-9-5-6-12(10-14)11-21-19-15(18-20-21)13-7-3-2-4-8-13/h2-10H,11H2,1H3,(H,17,22). The van der Waals surface area contributed by atoms with E-state index in [-0.39, 0.29) is 5.91 Å².